The van der Waals surface area contributed by atoms with Gasteiger partial charge in [0.1, 0.15) is 5.82 Å². The second kappa shape index (κ2) is 9.59. The van der Waals surface area contributed by atoms with Crippen molar-refractivity contribution in [1.82, 2.24) is 25.1 Å². The van der Waals surface area contributed by atoms with Crippen LogP contribution in [0.5, 0.6) is 0 Å². The molecule has 0 saturated carbocycles. The maximum absolute atomic E-state index is 12.7. The van der Waals surface area contributed by atoms with Crippen LogP contribution in [-0.2, 0) is 0 Å². The molecule has 2 saturated heterocycles. The predicted octanol–water partition coefficient (Wildman–Crippen LogP) is 1.92. The summed E-state index contributed by atoms with van der Waals surface area (Å²) in [6, 6.07) is 0. The summed E-state index contributed by atoms with van der Waals surface area (Å²) in [4.78, 5) is 30.4. The quantitative estimate of drug-likeness (QED) is 0.697. The van der Waals surface area contributed by atoms with Crippen LogP contribution in [0.4, 0.5) is 5.82 Å². The maximum Gasteiger partial charge on any atom is 0.289 e. The number of rotatable bonds is 6. The van der Waals surface area contributed by atoms with Crippen LogP contribution in [0.2, 0.25) is 0 Å². The molecule has 4 heterocycles. The standard InChI is InChI=1S/C20H30N6OS2/c1-15-17-16(14-29-15)22-18(23-19(17)26-10-12-28-13-11-26)20(27)21-4-3-5-25-8-6-24(2)7-9-25/h14H,3-13H2,1-2H3,(H,21,27). The van der Waals surface area contributed by atoms with E-state index in [9.17, 15) is 4.79 Å². The third kappa shape index (κ3) is 5.02. The van der Waals surface area contributed by atoms with Crippen LogP contribution in [0.1, 0.15) is 21.9 Å². The number of nitrogens with one attached hydrogen (secondary N) is 1. The fourth-order valence-corrected chi connectivity index (χ4v) is 5.53. The van der Waals surface area contributed by atoms with Crippen molar-refractivity contribution in [2.24, 2.45) is 0 Å². The van der Waals surface area contributed by atoms with Crippen molar-refractivity contribution in [3.63, 3.8) is 0 Å². The summed E-state index contributed by atoms with van der Waals surface area (Å²) in [7, 11) is 2.17. The van der Waals surface area contributed by atoms with E-state index < -0.39 is 0 Å². The molecule has 9 heteroatoms. The number of anilines is 1. The zero-order valence-corrected chi connectivity index (χ0v) is 18.9. The molecular weight excluding hydrogens is 404 g/mol. The van der Waals surface area contributed by atoms with Gasteiger partial charge in [-0.1, -0.05) is 0 Å². The van der Waals surface area contributed by atoms with Crippen molar-refractivity contribution >= 4 is 45.7 Å². The number of likely N-dealkylation sites (N-methyl/N-ethyl adjacent to an activating group) is 1. The normalized spacial score (nSPS) is 19.0. The Labute approximate surface area is 180 Å². The van der Waals surface area contributed by atoms with Gasteiger partial charge in [-0.3, -0.25) is 4.79 Å². The highest BCUT2D eigenvalue weighted by molar-refractivity contribution is 7.99. The summed E-state index contributed by atoms with van der Waals surface area (Å²) >= 11 is 3.65. The highest BCUT2D eigenvalue weighted by Gasteiger charge is 2.22. The number of amides is 1. The first-order valence-electron chi connectivity index (χ1n) is 10.4. The van der Waals surface area contributed by atoms with Crippen LogP contribution >= 0.6 is 23.1 Å². The number of piperazine rings is 1. The first kappa shape index (κ1) is 20.8. The van der Waals surface area contributed by atoms with E-state index >= 15 is 0 Å². The fraction of sp³-hybridized carbons (Fsp3) is 0.650. The van der Waals surface area contributed by atoms with E-state index in [0.29, 0.717) is 12.4 Å². The second-order valence-corrected chi connectivity index (χ2v) is 10.1. The number of fused-ring (bicyclic) bond motifs is 1. The van der Waals surface area contributed by atoms with Crippen LogP contribution in [0.3, 0.4) is 0 Å². The lowest BCUT2D eigenvalue weighted by molar-refractivity contribution is 0.0939. The Balaban J connectivity index is 1.39. The Bertz CT molecular complexity index is 843. The molecule has 1 amide bonds. The van der Waals surface area contributed by atoms with Gasteiger partial charge in [0.25, 0.3) is 5.91 Å². The van der Waals surface area contributed by atoms with Gasteiger partial charge in [-0.25, -0.2) is 9.97 Å². The van der Waals surface area contributed by atoms with E-state index in [0.717, 1.165) is 80.5 Å². The van der Waals surface area contributed by atoms with Gasteiger partial charge in [0.15, 0.2) is 0 Å². The molecule has 0 spiro atoms. The Morgan fingerprint density at radius 3 is 2.66 bits per heavy atom. The Hall–Kier alpha value is -1.42. The van der Waals surface area contributed by atoms with E-state index in [1.165, 1.54) is 4.88 Å². The Morgan fingerprint density at radius 1 is 1.14 bits per heavy atom. The zero-order valence-electron chi connectivity index (χ0n) is 17.3. The lowest BCUT2D eigenvalue weighted by atomic mass is 10.2. The van der Waals surface area contributed by atoms with Crippen LogP contribution < -0.4 is 10.2 Å². The number of hydrogen-bond donors (Lipinski definition) is 1. The molecule has 2 fully saturated rings. The van der Waals surface area contributed by atoms with E-state index in [1.807, 2.05) is 17.1 Å². The summed E-state index contributed by atoms with van der Waals surface area (Å²) in [6.45, 7) is 10.2. The van der Waals surface area contributed by atoms with Crippen LogP contribution in [0, 0.1) is 6.92 Å². The van der Waals surface area contributed by atoms with Gasteiger partial charge in [-0.15, -0.1) is 11.3 Å². The number of aromatic nitrogens is 2. The molecule has 0 atom stereocenters. The number of carbonyl (C=O) groups excluding carboxylic acids is 1. The van der Waals surface area contributed by atoms with E-state index in [1.54, 1.807) is 11.3 Å². The summed E-state index contributed by atoms with van der Waals surface area (Å²) in [5.74, 6) is 3.26. The van der Waals surface area contributed by atoms with Gasteiger partial charge < -0.3 is 20.0 Å². The number of thiophene rings is 1. The monoisotopic (exact) mass is 434 g/mol. The average Bonchev–Trinajstić information content (AvgIpc) is 3.13. The van der Waals surface area contributed by atoms with Crippen molar-refractivity contribution in [1.29, 1.82) is 0 Å². The Kier molecular flexibility index (Phi) is 6.89. The van der Waals surface area contributed by atoms with Gasteiger partial charge in [0, 0.05) is 67.6 Å². The van der Waals surface area contributed by atoms with E-state index in [4.69, 9.17) is 4.98 Å². The number of carbonyl (C=O) groups is 1. The molecule has 0 radical (unpaired) electrons. The van der Waals surface area contributed by atoms with Crippen molar-refractivity contribution in [3.8, 4) is 0 Å². The molecule has 0 unspecified atom stereocenters. The minimum Gasteiger partial charge on any atom is -0.354 e. The van der Waals surface area contributed by atoms with Gasteiger partial charge in [0.2, 0.25) is 5.82 Å². The molecule has 29 heavy (non-hydrogen) atoms. The molecule has 7 nitrogen and oxygen atoms in total. The minimum absolute atomic E-state index is 0.165. The predicted molar refractivity (Wildman–Crippen MR) is 123 cm³/mol. The fourth-order valence-electron chi connectivity index (χ4n) is 3.85. The Morgan fingerprint density at radius 2 is 1.90 bits per heavy atom. The smallest absolute Gasteiger partial charge is 0.289 e. The van der Waals surface area contributed by atoms with E-state index in [-0.39, 0.29) is 5.91 Å². The first-order valence-corrected chi connectivity index (χ1v) is 12.4. The summed E-state index contributed by atoms with van der Waals surface area (Å²) < 4.78 is 0. The maximum atomic E-state index is 12.7. The van der Waals surface area contributed by atoms with Gasteiger partial charge >= 0.3 is 0 Å². The molecule has 0 aliphatic carbocycles. The van der Waals surface area contributed by atoms with Crippen molar-refractivity contribution in [2.75, 3.05) is 75.8 Å². The molecule has 2 aliphatic heterocycles. The largest absolute Gasteiger partial charge is 0.354 e. The lowest BCUT2D eigenvalue weighted by Gasteiger charge is -2.32. The van der Waals surface area contributed by atoms with Crippen LogP contribution in [0.15, 0.2) is 5.38 Å². The minimum atomic E-state index is -0.165. The van der Waals surface area contributed by atoms with Crippen LogP contribution in [-0.4, -0.2) is 96.6 Å². The molecule has 0 bridgehead atoms. The van der Waals surface area contributed by atoms with Crippen molar-refractivity contribution in [3.05, 3.63) is 16.1 Å². The van der Waals surface area contributed by atoms with Crippen molar-refractivity contribution in [2.45, 2.75) is 13.3 Å². The number of nitrogens with zero attached hydrogens (tertiary/aromatic N) is 5. The van der Waals surface area contributed by atoms with E-state index in [2.05, 4.69) is 39.0 Å². The summed E-state index contributed by atoms with van der Waals surface area (Å²) in [6.07, 6.45) is 0.950. The van der Waals surface area contributed by atoms with Gasteiger partial charge in [-0.2, -0.15) is 11.8 Å². The summed E-state index contributed by atoms with van der Waals surface area (Å²) in [5.41, 5.74) is 0.887. The third-order valence-electron chi connectivity index (χ3n) is 5.66. The first-order chi connectivity index (χ1) is 14.1. The molecule has 158 valence electrons. The second-order valence-electron chi connectivity index (χ2n) is 7.78. The summed E-state index contributed by atoms with van der Waals surface area (Å²) in [5, 5.41) is 6.17. The van der Waals surface area contributed by atoms with Crippen molar-refractivity contribution < 1.29 is 4.79 Å². The van der Waals surface area contributed by atoms with Gasteiger partial charge in [0.05, 0.1) is 10.9 Å². The molecule has 2 aromatic rings. The number of aryl methyl sites for hydroxylation is 1. The molecule has 1 N–H and O–H groups in total. The highest BCUT2D eigenvalue weighted by atomic mass is 32.2. The lowest BCUT2D eigenvalue weighted by Crippen LogP contribution is -2.45. The SMILES string of the molecule is Cc1scc2nc(C(=O)NCCCN3CCN(C)CC3)nc(N3CCSCC3)c12. The molecule has 2 aliphatic rings. The third-order valence-corrected chi connectivity index (χ3v) is 7.50. The van der Waals surface area contributed by atoms with Crippen LogP contribution in [0.25, 0.3) is 10.9 Å². The molecule has 4 rings (SSSR count). The number of hydrogen-bond acceptors (Lipinski definition) is 8. The number of thioether (sulfide) groups is 1. The molecule has 2 aromatic heterocycles. The average molecular weight is 435 g/mol. The highest BCUT2D eigenvalue weighted by Crippen LogP contribution is 2.32. The molecular formula is C20H30N6OS2. The van der Waals surface area contributed by atoms with Gasteiger partial charge in [-0.05, 0) is 26.9 Å². The zero-order chi connectivity index (χ0) is 20.2. The topological polar surface area (TPSA) is 64.6 Å². The molecule has 0 aromatic carbocycles.